The number of hydrogen-bond acceptors (Lipinski definition) is 4. The zero-order valence-electron chi connectivity index (χ0n) is 13.1. The van der Waals surface area contributed by atoms with Crippen LogP contribution < -0.4 is 0 Å². The number of esters is 1. The molecule has 1 heterocycles. The number of fused-ring (bicyclic) bond motifs is 1. The molecule has 4 nitrogen and oxygen atoms in total. The Balaban J connectivity index is 2.04. The summed E-state index contributed by atoms with van der Waals surface area (Å²) < 4.78 is 4.97. The van der Waals surface area contributed by atoms with Crippen molar-refractivity contribution < 1.29 is 14.3 Å². The first-order chi connectivity index (χ1) is 11.0. The zero-order valence-corrected chi connectivity index (χ0v) is 14.6. The number of rotatable bonds is 2. The molecule has 0 amide bonds. The molecule has 1 fully saturated rings. The molecular formula is C17H19Cl2NO3. The number of ketones is 1. The Hall–Kier alpha value is -1.13. The van der Waals surface area contributed by atoms with Crippen molar-refractivity contribution in [2.24, 2.45) is 5.41 Å². The van der Waals surface area contributed by atoms with Crippen LogP contribution in [0.25, 0.3) is 0 Å². The first-order valence-electron chi connectivity index (χ1n) is 8.05. The van der Waals surface area contributed by atoms with E-state index in [1.165, 1.54) is 6.42 Å². The number of carbonyl (C=O) groups excluding carboxylic acids is 2. The first kappa shape index (κ1) is 16.7. The number of nitrogens with zero attached hydrogens (tertiary/aromatic N) is 1. The Bertz CT molecular complexity index is 666. The van der Waals surface area contributed by atoms with E-state index in [0.717, 1.165) is 25.7 Å². The summed E-state index contributed by atoms with van der Waals surface area (Å²) in [5.74, 6) is -0.670. The quantitative estimate of drug-likeness (QED) is 0.572. The summed E-state index contributed by atoms with van der Waals surface area (Å²) >= 11 is 12.5. The van der Waals surface area contributed by atoms with Crippen LogP contribution in [-0.2, 0) is 11.2 Å². The lowest BCUT2D eigenvalue weighted by Crippen LogP contribution is -2.35. The van der Waals surface area contributed by atoms with Crippen molar-refractivity contribution >= 4 is 35.0 Å². The van der Waals surface area contributed by atoms with Crippen molar-refractivity contribution in [2.75, 3.05) is 6.61 Å². The van der Waals surface area contributed by atoms with Crippen LogP contribution in [0.3, 0.4) is 0 Å². The molecular weight excluding hydrogens is 337 g/mol. The summed E-state index contributed by atoms with van der Waals surface area (Å²) in [5.41, 5.74) is 0.983. The highest BCUT2D eigenvalue weighted by atomic mass is 35.5. The van der Waals surface area contributed by atoms with Crippen LogP contribution in [0.2, 0.25) is 10.2 Å². The van der Waals surface area contributed by atoms with Crippen molar-refractivity contribution in [1.82, 2.24) is 4.98 Å². The van der Waals surface area contributed by atoms with Gasteiger partial charge in [0, 0.05) is 6.42 Å². The van der Waals surface area contributed by atoms with E-state index in [-0.39, 0.29) is 33.5 Å². The third-order valence-electron chi connectivity index (χ3n) is 4.92. The van der Waals surface area contributed by atoms with Gasteiger partial charge in [0.05, 0.1) is 22.9 Å². The summed E-state index contributed by atoms with van der Waals surface area (Å²) in [6.07, 6.45) is 6.76. The van der Waals surface area contributed by atoms with E-state index in [9.17, 15) is 9.59 Å². The monoisotopic (exact) mass is 355 g/mol. The smallest absolute Gasteiger partial charge is 0.342 e. The molecule has 2 aliphatic rings. The van der Waals surface area contributed by atoms with Crippen LogP contribution in [0, 0.1) is 5.41 Å². The van der Waals surface area contributed by atoms with Gasteiger partial charge in [0.15, 0.2) is 5.78 Å². The van der Waals surface area contributed by atoms with Crippen LogP contribution in [0.15, 0.2) is 0 Å². The predicted molar refractivity (Wildman–Crippen MR) is 88.4 cm³/mol. The molecule has 0 aromatic carbocycles. The number of carbonyl (C=O) groups is 2. The van der Waals surface area contributed by atoms with Gasteiger partial charge in [-0.05, 0) is 31.6 Å². The molecule has 1 aromatic heterocycles. The highest BCUT2D eigenvalue weighted by molar-refractivity contribution is 6.41. The Morgan fingerprint density at radius 2 is 1.91 bits per heavy atom. The highest BCUT2D eigenvalue weighted by Crippen LogP contribution is 2.47. The second-order valence-corrected chi connectivity index (χ2v) is 7.21. The molecule has 0 atom stereocenters. The van der Waals surface area contributed by atoms with E-state index in [2.05, 4.69) is 4.98 Å². The maximum Gasteiger partial charge on any atom is 0.342 e. The van der Waals surface area contributed by atoms with Gasteiger partial charge in [-0.2, -0.15) is 0 Å². The van der Waals surface area contributed by atoms with Crippen LogP contribution in [0.1, 0.15) is 71.9 Å². The third-order valence-corrected chi connectivity index (χ3v) is 5.57. The van der Waals surface area contributed by atoms with Gasteiger partial charge >= 0.3 is 5.97 Å². The number of hydrogen-bond donors (Lipinski definition) is 0. The Morgan fingerprint density at radius 1 is 1.22 bits per heavy atom. The molecule has 1 saturated carbocycles. The Labute approximate surface area is 145 Å². The fourth-order valence-electron chi connectivity index (χ4n) is 3.86. The van der Waals surface area contributed by atoms with Crippen LogP contribution >= 0.6 is 23.2 Å². The summed E-state index contributed by atoms with van der Waals surface area (Å²) in [6, 6.07) is 0. The maximum absolute atomic E-state index is 12.7. The molecule has 0 N–H and O–H groups in total. The molecule has 124 valence electrons. The summed E-state index contributed by atoms with van der Waals surface area (Å²) in [5, 5.41) is 0.113. The van der Waals surface area contributed by atoms with Gasteiger partial charge in [-0.3, -0.25) is 4.79 Å². The van der Waals surface area contributed by atoms with Crippen molar-refractivity contribution in [3.63, 3.8) is 0 Å². The SMILES string of the molecule is CCOC(=O)c1c(Cl)nc2c(c1Cl)C(=O)CC1(CCCCC1)C2. The number of ether oxygens (including phenoxy) is 1. The average Bonchev–Trinajstić information content (AvgIpc) is 2.47. The van der Waals surface area contributed by atoms with E-state index in [1.807, 2.05) is 0 Å². The van der Waals surface area contributed by atoms with Crippen molar-refractivity contribution in [3.05, 3.63) is 27.0 Å². The van der Waals surface area contributed by atoms with Crippen molar-refractivity contribution in [1.29, 1.82) is 0 Å². The van der Waals surface area contributed by atoms with Gasteiger partial charge in [-0.15, -0.1) is 0 Å². The lowest BCUT2D eigenvalue weighted by Gasteiger charge is -2.40. The van der Waals surface area contributed by atoms with Gasteiger partial charge in [0.25, 0.3) is 0 Å². The van der Waals surface area contributed by atoms with Crippen LogP contribution in [0.4, 0.5) is 0 Å². The Morgan fingerprint density at radius 3 is 2.57 bits per heavy atom. The molecule has 3 rings (SSSR count). The number of halogens is 2. The lowest BCUT2D eigenvalue weighted by atomic mass is 9.64. The molecule has 23 heavy (non-hydrogen) atoms. The molecule has 1 aromatic rings. The molecule has 0 bridgehead atoms. The van der Waals surface area contributed by atoms with E-state index in [1.54, 1.807) is 6.92 Å². The summed E-state index contributed by atoms with van der Waals surface area (Å²) in [7, 11) is 0. The standard InChI is InChI=1S/C17H19Cl2NO3/c1-2-23-16(22)13-14(18)12-10(20-15(13)19)8-17(9-11(12)21)6-4-3-5-7-17/h2-9H2,1H3. The van der Waals surface area contributed by atoms with Gasteiger partial charge in [-0.1, -0.05) is 42.5 Å². The minimum absolute atomic E-state index is 0.00174. The zero-order chi connectivity index (χ0) is 16.6. The van der Waals surface area contributed by atoms with Gasteiger partial charge in [0.1, 0.15) is 10.7 Å². The fourth-order valence-corrected chi connectivity index (χ4v) is 4.57. The second kappa shape index (κ2) is 6.40. The summed E-state index contributed by atoms with van der Waals surface area (Å²) in [4.78, 5) is 29.1. The van der Waals surface area contributed by atoms with Crippen LogP contribution in [-0.4, -0.2) is 23.3 Å². The minimum atomic E-state index is -0.636. The van der Waals surface area contributed by atoms with Crippen molar-refractivity contribution in [2.45, 2.75) is 51.9 Å². The molecule has 0 unspecified atom stereocenters. The summed E-state index contributed by atoms with van der Waals surface area (Å²) in [6.45, 7) is 1.91. The highest BCUT2D eigenvalue weighted by Gasteiger charge is 2.42. The lowest BCUT2D eigenvalue weighted by molar-refractivity contribution is 0.0526. The first-order valence-corrected chi connectivity index (χ1v) is 8.81. The second-order valence-electron chi connectivity index (χ2n) is 6.47. The predicted octanol–water partition coefficient (Wildman–Crippen LogP) is 4.64. The van der Waals surface area contributed by atoms with E-state index in [4.69, 9.17) is 27.9 Å². The Kier molecular flexibility index (Phi) is 4.65. The third kappa shape index (κ3) is 2.99. The average molecular weight is 356 g/mol. The largest absolute Gasteiger partial charge is 0.462 e. The van der Waals surface area contributed by atoms with Gasteiger partial charge in [-0.25, -0.2) is 9.78 Å². The van der Waals surface area contributed by atoms with Gasteiger partial charge < -0.3 is 4.74 Å². The maximum atomic E-state index is 12.7. The molecule has 6 heteroatoms. The normalized spacial score (nSPS) is 19.5. The molecule has 0 saturated heterocycles. The molecule has 1 spiro atoms. The van der Waals surface area contributed by atoms with Gasteiger partial charge in [0.2, 0.25) is 0 Å². The van der Waals surface area contributed by atoms with Crippen LogP contribution in [0.5, 0.6) is 0 Å². The van der Waals surface area contributed by atoms with E-state index >= 15 is 0 Å². The fraction of sp³-hybridized carbons (Fsp3) is 0.588. The topological polar surface area (TPSA) is 56.3 Å². The number of pyridine rings is 1. The number of Topliss-reactive ketones (excluding diaryl/α,β-unsaturated/α-hetero) is 1. The van der Waals surface area contributed by atoms with E-state index < -0.39 is 5.97 Å². The molecule has 0 aliphatic heterocycles. The minimum Gasteiger partial charge on any atom is -0.462 e. The van der Waals surface area contributed by atoms with E-state index in [0.29, 0.717) is 24.1 Å². The molecule has 0 radical (unpaired) electrons. The van der Waals surface area contributed by atoms with Crippen molar-refractivity contribution in [3.8, 4) is 0 Å². The molecule has 2 aliphatic carbocycles. The number of aromatic nitrogens is 1.